The molecule has 8 rings (SSSR count). The Bertz CT molecular complexity index is 2480. The number of benzene rings is 6. The molecule has 0 unspecified atom stereocenters. The van der Waals surface area contributed by atoms with E-state index in [1.807, 2.05) is 30.3 Å². The Morgan fingerprint density at radius 2 is 0.811 bits per heavy atom. The number of nitrogens with one attached hydrogen (secondary N) is 2. The van der Waals surface area contributed by atoms with Gasteiger partial charge in [-0.2, -0.15) is 0 Å². The highest BCUT2D eigenvalue weighted by Crippen LogP contribution is 2.31. The highest BCUT2D eigenvalue weighted by atomic mass is 16.2. The lowest BCUT2D eigenvalue weighted by Crippen LogP contribution is -2.29. The third-order valence-corrected chi connectivity index (χ3v) is 9.16. The van der Waals surface area contributed by atoms with Gasteiger partial charge in [0.2, 0.25) is 0 Å². The van der Waals surface area contributed by atoms with E-state index in [9.17, 15) is 28.8 Å². The van der Waals surface area contributed by atoms with Crippen molar-refractivity contribution in [3.63, 3.8) is 0 Å². The predicted octanol–water partition coefficient (Wildman–Crippen LogP) is 7.38. The summed E-state index contributed by atoms with van der Waals surface area (Å²) in [6, 6.07) is 40.9. The molecule has 2 aliphatic heterocycles. The molecule has 0 saturated heterocycles. The molecular weight excluding hydrogens is 668 g/mol. The lowest BCUT2D eigenvalue weighted by molar-refractivity contribution is 0.0910. The molecule has 0 atom stereocenters. The van der Waals surface area contributed by atoms with Gasteiger partial charge < -0.3 is 10.6 Å². The van der Waals surface area contributed by atoms with Crippen molar-refractivity contribution < 1.29 is 28.8 Å². The van der Waals surface area contributed by atoms with Crippen LogP contribution in [0.5, 0.6) is 0 Å². The molecule has 6 amide bonds. The summed E-state index contributed by atoms with van der Waals surface area (Å²) in [7, 11) is 0. The fourth-order valence-electron chi connectivity index (χ4n) is 6.44. The van der Waals surface area contributed by atoms with Crippen molar-refractivity contribution in [2.24, 2.45) is 0 Å². The molecule has 2 heterocycles. The summed E-state index contributed by atoms with van der Waals surface area (Å²) in [6.07, 6.45) is 0.551. The molecule has 2 N–H and O–H groups in total. The maximum Gasteiger partial charge on any atom is 0.266 e. The summed E-state index contributed by atoms with van der Waals surface area (Å²) in [5.74, 6) is -2.68. The zero-order valence-corrected chi connectivity index (χ0v) is 27.9. The minimum Gasteiger partial charge on any atom is -0.322 e. The van der Waals surface area contributed by atoms with E-state index in [2.05, 4.69) is 10.6 Å². The Morgan fingerprint density at radius 3 is 1.30 bits per heavy atom. The molecule has 256 valence electrons. The fourth-order valence-corrected chi connectivity index (χ4v) is 6.44. The third-order valence-electron chi connectivity index (χ3n) is 9.16. The van der Waals surface area contributed by atoms with Gasteiger partial charge in [-0.25, -0.2) is 9.80 Å². The van der Waals surface area contributed by atoms with Crippen molar-refractivity contribution in [3.05, 3.63) is 190 Å². The highest BCUT2D eigenvalue weighted by Gasteiger charge is 2.38. The summed E-state index contributed by atoms with van der Waals surface area (Å²) < 4.78 is 0. The predicted molar refractivity (Wildman–Crippen MR) is 200 cm³/mol. The van der Waals surface area contributed by atoms with Gasteiger partial charge in [0.05, 0.1) is 33.6 Å². The van der Waals surface area contributed by atoms with Crippen molar-refractivity contribution in [1.29, 1.82) is 0 Å². The van der Waals surface area contributed by atoms with Crippen LogP contribution in [-0.2, 0) is 6.42 Å². The van der Waals surface area contributed by atoms with Crippen LogP contribution in [-0.4, -0.2) is 35.4 Å². The maximum absolute atomic E-state index is 13.4. The molecule has 10 heteroatoms. The van der Waals surface area contributed by atoms with Crippen LogP contribution in [0.2, 0.25) is 0 Å². The van der Waals surface area contributed by atoms with E-state index >= 15 is 0 Å². The largest absolute Gasteiger partial charge is 0.322 e. The molecule has 0 radical (unpaired) electrons. The SMILES string of the molecule is O=C(Nc1ccc(Cc2ccc(N3C(=O)c4ccc(C(=O)Nc5ccccc5)cc4C3=O)cc2)cc1)c1ccc2c(c1)C(=O)N(c1ccccc1)C2=O. The van der Waals surface area contributed by atoms with Crippen molar-refractivity contribution in [3.8, 4) is 0 Å². The topological polar surface area (TPSA) is 133 Å². The monoisotopic (exact) mass is 696 g/mol. The summed E-state index contributed by atoms with van der Waals surface area (Å²) in [4.78, 5) is 80.8. The first-order chi connectivity index (χ1) is 25.7. The van der Waals surface area contributed by atoms with Gasteiger partial charge in [0.15, 0.2) is 0 Å². The van der Waals surface area contributed by atoms with Gasteiger partial charge in [-0.15, -0.1) is 0 Å². The average Bonchev–Trinajstić information content (AvgIpc) is 3.59. The Morgan fingerprint density at radius 1 is 0.415 bits per heavy atom. The van der Waals surface area contributed by atoms with Crippen molar-refractivity contribution in [2.75, 3.05) is 20.4 Å². The summed E-state index contributed by atoms with van der Waals surface area (Å²) in [5.41, 5.74) is 5.28. The molecule has 10 nitrogen and oxygen atoms in total. The van der Waals surface area contributed by atoms with Crippen LogP contribution >= 0.6 is 0 Å². The normalized spacial score (nSPS) is 13.2. The van der Waals surface area contributed by atoms with Crippen molar-refractivity contribution in [1.82, 2.24) is 0 Å². The Labute approximate surface area is 303 Å². The molecule has 2 aliphatic rings. The molecule has 0 aromatic heterocycles. The van der Waals surface area contributed by atoms with Gasteiger partial charge in [0, 0.05) is 22.5 Å². The molecule has 53 heavy (non-hydrogen) atoms. The first-order valence-electron chi connectivity index (χ1n) is 16.7. The lowest BCUT2D eigenvalue weighted by Gasteiger charge is -2.14. The van der Waals surface area contributed by atoms with Gasteiger partial charge in [-0.1, -0.05) is 60.7 Å². The van der Waals surface area contributed by atoms with Crippen LogP contribution < -0.4 is 20.4 Å². The molecule has 0 spiro atoms. The smallest absolute Gasteiger partial charge is 0.266 e. The molecule has 0 aliphatic carbocycles. The van der Waals surface area contributed by atoms with E-state index in [0.717, 1.165) is 20.9 Å². The Hall–Kier alpha value is -7.46. The van der Waals surface area contributed by atoms with Crippen molar-refractivity contribution >= 4 is 58.2 Å². The number of anilines is 4. The minimum atomic E-state index is -0.501. The molecule has 0 saturated carbocycles. The van der Waals surface area contributed by atoms with Gasteiger partial charge in [0.25, 0.3) is 35.4 Å². The van der Waals surface area contributed by atoms with Crippen LogP contribution in [0.25, 0.3) is 0 Å². The maximum atomic E-state index is 13.4. The Kier molecular flexibility index (Phi) is 8.24. The second-order valence-corrected chi connectivity index (χ2v) is 12.6. The molecule has 0 bridgehead atoms. The van der Waals surface area contributed by atoms with E-state index < -0.39 is 29.5 Å². The summed E-state index contributed by atoms with van der Waals surface area (Å²) in [5, 5.41) is 5.63. The minimum absolute atomic E-state index is 0.168. The number of para-hydroxylation sites is 2. The van der Waals surface area contributed by atoms with E-state index in [-0.39, 0.29) is 39.3 Å². The third kappa shape index (κ3) is 6.14. The van der Waals surface area contributed by atoms with Crippen LogP contribution in [0, 0.1) is 0 Å². The van der Waals surface area contributed by atoms with E-state index in [1.54, 1.807) is 78.9 Å². The van der Waals surface area contributed by atoms with Gasteiger partial charge >= 0.3 is 0 Å². The number of hydrogen-bond acceptors (Lipinski definition) is 6. The first kappa shape index (κ1) is 32.7. The second-order valence-electron chi connectivity index (χ2n) is 12.6. The quantitative estimate of drug-likeness (QED) is 0.160. The lowest BCUT2D eigenvalue weighted by atomic mass is 10.0. The number of imide groups is 2. The van der Waals surface area contributed by atoms with Crippen LogP contribution in [0.1, 0.15) is 73.3 Å². The van der Waals surface area contributed by atoms with Gasteiger partial charge in [-0.3, -0.25) is 28.8 Å². The van der Waals surface area contributed by atoms with Crippen LogP contribution in [0.15, 0.2) is 146 Å². The molecule has 0 fully saturated rings. The number of nitrogens with zero attached hydrogens (tertiary/aromatic N) is 2. The second kappa shape index (κ2) is 13.3. The molecule has 6 aromatic rings. The first-order valence-corrected chi connectivity index (χ1v) is 16.7. The Balaban J connectivity index is 0.899. The van der Waals surface area contributed by atoms with Crippen LogP contribution in [0.4, 0.5) is 22.7 Å². The van der Waals surface area contributed by atoms with Crippen molar-refractivity contribution in [2.45, 2.75) is 6.42 Å². The van der Waals surface area contributed by atoms with Gasteiger partial charge in [-0.05, 0) is 102 Å². The number of fused-ring (bicyclic) bond motifs is 2. The fraction of sp³-hybridized carbons (Fsp3) is 0.0233. The van der Waals surface area contributed by atoms with E-state index in [0.29, 0.717) is 29.2 Å². The zero-order chi connectivity index (χ0) is 36.6. The molecule has 6 aromatic carbocycles. The average molecular weight is 697 g/mol. The van der Waals surface area contributed by atoms with E-state index in [1.165, 1.54) is 36.4 Å². The van der Waals surface area contributed by atoms with E-state index in [4.69, 9.17) is 0 Å². The van der Waals surface area contributed by atoms with Gasteiger partial charge in [0.1, 0.15) is 0 Å². The number of carbonyl (C=O) groups excluding carboxylic acids is 6. The summed E-state index contributed by atoms with van der Waals surface area (Å²) >= 11 is 0. The number of amides is 6. The number of carbonyl (C=O) groups is 6. The summed E-state index contributed by atoms with van der Waals surface area (Å²) in [6.45, 7) is 0. The number of rotatable bonds is 8. The number of hydrogen-bond donors (Lipinski definition) is 2. The molecular formula is C43H28N4O6. The standard InChI is InChI=1S/C43H28N4O6/c48-38(44-30-7-3-1-4-8-30)28-15-22-35-37(24-28)43(53)47(41(35)51)33-19-13-27(14-20-33)23-26-11-17-31(18-12-26)45-39(49)29-16-21-34-36(25-29)42(52)46(40(34)50)32-9-5-2-6-10-32/h1-22,24-25H,23H2,(H,44,48)(H,45,49). The zero-order valence-electron chi connectivity index (χ0n) is 27.9. The van der Waals surface area contributed by atoms with Crippen LogP contribution in [0.3, 0.4) is 0 Å². The highest BCUT2D eigenvalue weighted by molar-refractivity contribution is 6.35.